The summed E-state index contributed by atoms with van der Waals surface area (Å²) in [6.07, 6.45) is 0.514. The molecule has 0 aliphatic heterocycles. The van der Waals surface area contributed by atoms with E-state index in [1.807, 2.05) is 13.8 Å². The van der Waals surface area contributed by atoms with Crippen molar-refractivity contribution >= 4 is 5.91 Å². The summed E-state index contributed by atoms with van der Waals surface area (Å²) in [6, 6.07) is 6.41. The molecule has 1 aromatic carbocycles. The third-order valence-corrected chi connectivity index (χ3v) is 2.82. The van der Waals surface area contributed by atoms with Gasteiger partial charge >= 0.3 is 0 Å². The van der Waals surface area contributed by atoms with Crippen LogP contribution in [-0.4, -0.2) is 35.4 Å². The van der Waals surface area contributed by atoms with Gasteiger partial charge in [0.15, 0.2) is 18.1 Å². The first kappa shape index (κ1) is 15.3. The minimum atomic E-state index is -0.268. The van der Waals surface area contributed by atoms with E-state index in [9.17, 15) is 9.90 Å². The second-order valence-corrected chi connectivity index (χ2v) is 4.69. The molecule has 0 fully saturated rings. The molecule has 0 aliphatic carbocycles. The van der Waals surface area contributed by atoms with Gasteiger partial charge < -0.3 is 20.3 Å². The van der Waals surface area contributed by atoms with Gasteiger partial charge in [-0.2, -0.15) is 0 Å². The quantitative estimate of drug-likeness (QED) is 0.695. The largest absolute Gasteiger partial charge is 0.504 e. The van der Waals surface area contributed by atoms with Gasteiger partial charge in [-0.25, -0.2) is 0 Å². The van der Waals surface area contributed by atoms with Crippen molar-refractivity contribution in [2.75, 3.05) is 13.2 Å². The first-order valence-corrected chi connectivity index (χ1v) is 6.35. The minimum Gasteiger partial charge on any atom is -0.504 e. The van der Waals surface area contributed by atoms with E-state index in [1.54, 1.807) is 18.2 Å². The lowest BCUT2D eigenvalue weighted by molar-refractivity contribution is -0.124. The molecule has 0 saturated carbocycles. The number of aromatic hydroxyl groups is 1. The van der Waals surface area contributed by atoms with Crippen LogP contribution in [0, 0.1) is 5.92 Å². The van der Waals surface area contributed by atoms with Crippen LogP contribution in [0.1, 0.15) is 20.3 Å². The number of phenolic OH excluding ortho intramolecular Hbond substituents is 1. The normalized spacial score (nSPS) is 12.2. The Kier molecular flexibility index (Phi) is 6.15. The summed E-state index contributed by atoms with van der Waals surface area (Å²) in [7, 11) is 0. The number of hydrogen-bond donors (Lipinski definition) is 3. The minimum absolute atomic E-state index is 0.00562. The Labute approximate surface area is 113 Å². The molecule has 0 bridgehead atoms. The number of aliphatic hydroxyl groups excluding tert-OH is 1. The third-order valence-electron chi connectivity index (χ3n) is 2.82. The molecule has 0 heterocycles. The van der Waals surface area contributed by atoms with Gasteiger partial charge in [-0.3, -0.25) is 4.79 Å². The number of carbonyl (C=O) groups is 1. The average molecular weight is 267 g/mol. The van der Waals surface area contributed by atoms with Gasteiger partial charge in [0.25, 0.3) is 5.91 Å². The maximum Gasteiger partial charge on any atom is 0.258 e. The molecule has 3 N–H and O–H groups in total. The van der Waals surface area contributed by atoms with E-state index in [2.05, 4.69) is 5.32 Å². The molecule has 0 saturated heterocycles. The molecule has 0 aliphatic rings. The van der Waals surface area contributed by atoms with E-state index in [1.165, 1.54) is 6.07 Å². The van der Waals surface area contributed by atoms with Gasteiger partial charge in [0.2, 0.25) is 0 Å². The Hall–Kier alpha value is -1.75. The van der Waals surface area contributed by atoms with Crippen LogP contribution < -0.4 is 10.1 Å². The van der Waals surface area contributed by atoms with Crippen molar-refractivity contribution in [2.24, 2.45) is 5.92 Å². The van der Waals surface area contributed by atoms with Crippen molar-refractivity contribution < 1.29 is 19.7 Å². The summed E-state index contributed by atoms with van der Waals surface area (Å²) in [5.74, 6) is 0.253. The molecule has 19 heavy (non-hydrogen) atoms. The number of amides is 1. The van der Waals surface area contributed by atoms with E-state index in [4.69, 9.17) is 9.84 Å². The highest BCUT2D eigenvalue weighted by Gasteiger charge is 2.16. The van der Waals surface area contributed by atoms with Crippen LogP contribution >= 0.6 is 0 Å². The van der Waals surface area contributed by atoms with Crippen LogP contribution in [0.25, 0.3) is 0 Å². The molecule has 5 heteroatoms. The predicted octanol–water partition coefficient (Wildman–Crippen LogP) is 1.29. The molecular weight excluding hydrogens is 246 g/mol. The SMILES string of the molecule is CC(C)C(CCO)NC(=O)COc1ccccc1O. The van der Waals surface area contributed by atoms with Gasteiger partial charge in [0.1, 0.15) is 0 Å². The summed E-state index contributed by atoms with van der Waals surface area (Å²) in [5.41, 5.74) is 0. The fourth-order valence-electron chi connectivity index (χ4n) is 1.68. The fraction of sp³-hybridized carbons (Fsp3) is 0.500. The fourth-order valence-corrected chi connectivity index (χ4v) is 1.68. The zero-order chi connectivity index (χ0) is 14.3. The number of phenols is 1. The zero-order valence-electron chi connectivity index (χ0n) is 11.3. The van der Waals surface area contributed by atoms with E-state index < -0.39 is 0 Å². The van der Waals surface area contributed by atoms with Crippen LogP contribution in [0.2, 0.25) is 0 Å². The highest BCUT2D eigenvalue weighted by Crippen LogP contribution is 2.24. The number of carbonyl (C=O) groups excluding carboxylic acids is 1. The topological polar surface area (TPSA) is 78.8 Å². The molecule has 1 atom stereocenters. The highest BCUT2D eigenvalue weighted by atomic mass is 16.5. The van der Waals surface area contributed by atoms with Crippen molar-refractivity contribution in [3.63, 3.8) is 0 Å². The van der Waals surface area contributed by atoms with Crippen molar-refractivity contribution in [3.8, 4) is 11.5 Å². The molecule has 0 aromatic heterocycles. The molecule has 1 rings (SSSR count). The maximum absolute atomic E-state index is 11.7. The smallest absolute Gasteiger partial charge is 0.258 e. The summed E-state index contributed by atoms with van der Waals surface area (Å²) in [5, 5.41) is 21.2. The standard InChI is InChI=1S/C14H21NO4/c1-10(2)11(7-8-16)15-14(18)9-19-13-6-4-3-5-12(13)17/h3-6,10-11,16-17H,7-9H2,1-2H3,(H,15,18). The van der Waals surface area contributed by atoms with E-state index in [0.717, 1.165) is 0 Å². The lowest BCUT2D eigenvalue weighted by atomic mass is 10.0. The average Bonchev–Trinajstić information content (AvgIpc) is 2.37. The number of aliphatic hydroxyl groups is 1. The lowest BCUT2D eigenvalue weighted by Crippen LogP contribution is -2.41. The van der Waals surface area contributed by atoms with Crippen LogP contribution in [0.3, 0.4) is 0 Å². The van der Waals surface area contributed by atoms with Gasteiger partial charge in [-0.15, -0.1) is 0 Å². The molecule has 1 unspecified atom stereocenters. The van der Waals surface area contributed by atoms with Crippen LogP contribution in [0.4, 0.5) is 0 Å². The second-order valence-electron chi connectivity index (χ2n) is 4.69. The molecule has 5 nitrogen and oxygen atoms in total. The van der Waals surface area contributed by atoms with Crippen molar-refractivity contribution in [1.82, 2.24) is 5.32 Å². The molecule has 0 spiro atoms. The summed E-state index contributed by atoms with van der Waals surface area (Å²) in [4.78, 5) is 11.7. The number of ether oxygens (including phenoxy) is 1. The van der Waals surface area contributed by atoms with Crippen molar-refractivity contribution in [1.29, 1.82) is 0 Å². The Morgan fingerprint density at radius 3 is 2.63 bits per heavy atom. The Morgan fingerprint density at radius 2 is 2.05 bits per heavy atom. The maximum atomic E-state index is 11.7. The third kappa shape index (κ3) is 5.18. The van der Waals surface area contributed by atoms with Gasteiger partial charge in [0.05, 0.1) is 0 Å². The Balaban J connectivity index is 2.45. The first-order chi connectivity index (χ1) is 9.04. The van der Waals surface area contributed by atoms with E-state index >= 15 is 0 Å². The molecule has 1 amide bonds. The van der Waals surface area contributed by atoms with Crippen LogP contribution in [-0.2, 0) is 4.79 Å². The number of benzene rings is 1. The van der Waals surface area contributed by atoms with Crippen molar-refractivity contribution in [3.05, 3.63) is 24.3 Å². The summed E-state index contributed by atoms with van der Waals surface area (Å²) >= 11 is 0. The van der Waals surface area contributed by atoms with Crippen molar-refractivity contribution in [2.45, 2.75) is 26.3 Å². The summed E-state index contributed by atoms with van der Waals surface area (Å²) < 4.78 is 5.23. The van der Waals surface area contributed by atoms with Gasteiger partial charge in [0, 0.05) is 12.6 Å². The first-order valence-electron chi connectivity index (χ1n) is 6.35. The number of hydrogen-bond acceptors (Lipinski definition) is 4. The van der Waals surface area contributed by atoms with Crippen LogP contribution in [0.5, 0.6) is 11.5 Å². The Morgan fingerprint density at radius 1 is 1.37 bits per heavy atom. The number of nitrogens with one attached hydrogen (secondary N) is 1. The predicted molar refractivity (Wildman–Crippen MR) is 72.1 cm³/mol. The lowest BCUT2D eigenvalue weighted by Gasteiger charge is -2.21. The molecule has 1 aromatic rings. The van der Waals surface area contributed by atoms with E-state index in [-0.39, 0.29) is 42.6 Å². The van der Waals surface area contributed by atoms with Gasteiger partial charge in [-0.05, 0) is 24.5 Å². The highest BCUT2D eigenvalue weighted by molar-refractivity contribution is 5.77. The summed E-state index contributed by atoms with van der Waals surface area (Å²) in [6.45, 7) is 3.82. The number of rotatable bonds is 7. The van der Waals surface area contributed by atoms with Gasteiger partial charge in [-0.1, -0.05) is 26.0 Å². The molecular formula is C14H21NO4. The van der Waals surface area contributed by atoms with E-state index in [0.29, 0.717) is 6.42 Å². The molecule has 106 valence electrons. The zero-order valence-corrected chi connectivity index (χ0v) is 11.3. The Bertz CT molecular complexity index is 406. The number of para-hydroxylation sites is 2. The second kappa shape index (κ2) is 7.63. The van der Waals surface area contributed by atoms with Crippen LogP contribution in [0.15, 0.2) is 24.3 Å². The molecule has 0 radical (unpaired) electrons. The monoisotopic (exact) mass is 267 g/mol.